The fourth-order valence-electron chi connectivity index (χ4n) is 2.15. The molecular formula is C16H22N2OS. The largest absolute Gasteiger partial charge is 0.497 e. The fourth-order valence-corrected chi connectivity index (χ4v) is 3.42. The first-order valence-corrected chi connectivity index (χ1v) is 7.71. The van der Waals surface area contributed by atoms with Gasteiger partial charge in [0.1, 0.15) is 5.75 Å². The lowest BCUT2D eigenvalue weighted by Crippen LogP contribution is -2.06. The van der Waals surface area contributed by atoms with Crippen LogP contribution in [-0.2, 0) is 13.0 Å². The first-order chi connectivity index (χ1) is 9.63. The fraction of sp³-hybridized carbons (Fsp3) is 0.438. The van der Waals surface area contributed by atoms with Crippen LogP contribution in [0.5, 0.6) is 5.75 Å². The molecule has 108 valence electrons. The molecule has 0 spiro atoms. The van der Waals surface area contributed by atoms with Crippen molar-refractivity contribution < 1.29 is 4.74 Å². The van der Waals surface area contributed by atoms with E-state index in [2.05, 4.69) is 31.3 Å². The number of nitrogens with zero attached hydrogens (tertiary/aromatic N) is 1. The quantitative estimate of drug-likeness (QED) is 0.883. The van der Waals surface area contributed by atoms with Gasteiger partial charge in [-0.15, -0.1) is 11.3 Å². The second kappa shape index (κ2) is 6.86. The van der Waals surface area contributed by atoms with E-state index in [-0.39, 0.29) is 0 Å². The number of nitrogens with one attached hydrogen (secondary N) is 1. The van der Waals surface area contributed by atoms with E-state index in [9.17, 15) is 0 Å². The monoisotopic (exact) mass is 290 g/mol. The standard InChI is InChI=1S/C16H22N2OS/c1-11(2)16-14(10-17-3)20-15(18-16)9-12-5-7-13(19-4)8-6-12/h5-8,11,17H,9-10H2,1-4H3. The normalized spacial score (nSPS) is 11.1. The zero-order valence-corrected chi connectivity index (χ0v) is 13.4. The molecule has 20 heavy (non-hydrogen) atoms. The number of rotatable bonds is 6. The smallest absolute Gasteiger partial charge is 0.118 e. The molecular weight excluding hydrogens is 268 g/mol. The Labute approximate surface area is 125 Å². The maximum Gasteiger partial charge on any atom is 0.118 e. The summed E-state index contributed by atoms with van der Waals surface area (Å²) in [6.07, 6.45) is 0.887. The van der Waals surface area contributed by atoms with Crippen LogP contribution in [-0.4, -0.2) is 19.1 Å². The van der Waals surface area contributed by atoms with Gasteiger partial charge in [0.25, 0.3) is 0 Å². The molecule has 0 fully saturated rings. The van der Waals surface area contributed by atoms with E-state index < -0.39 is 0 Å². The van der Waals surface area contributed by atoms with Gasteiger partial charge in [0.15, 0.2) is 0 Å². The third kappa shape index (κ3) is 3.58. The van der Waals surface area contributed by atoms with Crippen molar-refractivity contribution in [2.24, 2.45) is 0 Å². The van der Waals surface area contributed by atoms with Gasteiger partial charge in [-0.05, 0) is 30.7 Å². The number of hydrogen-bond acceptors (Lipinski definition) is 4. The molecule has 0 aliphatic carbocycles. The summed E-state index contributed by atoms with van der Waals surface area (Å²) in [4.78, 5) is 6.17. The number of methoxy groups -OCH3 is 1. The summed E-state index contributed by atoms with van der Waals surface area (Å²) >= 11 is 1.81. The number of aromatic nitrogens is 1. The SMILES string of the molecule is CNCc1sc(Cc2ccc(OC)cc2)nc1C(C)C. The van der Waals surface area contributed by atoms with Crippen molar-refractivity contribution in [1.29, 1.82) is 0 Å². The molecule has 0 unspecified atom stereocenters. The highest BCUT2D eigenvalue weighted by Crippen LogP contribution is 2.27. The predicted molar refractivity (Wildman–Crippen MR) is 84.8 cm³/mol. The van der Waals surface area contributed by atoms with Crippen LogP contribution in [0, 0.1) is 0 Å². The molecule has 0 atom stereocenters. The maximum atomic E-state index is 5.18. The molecule has 2 aromatic rings. The summed E-state index contributed by atoms with van der Waals surface area (Å²) in [6, 6.07) is 8.21. The van der Waals surface area contributed by atoms with Crippen molar-refractivity contribution in [3.8, 4) is 5.75 Å². The average Bonchev–Trinajstić information content (AvgIpc) is 2.83. The van der Waals surface area contributed by atoms with Crippen molar-refractivity contribution in [2.75, 3.05) is 14.2 Å². The molecule has 0 amide bonds. The minimum absolute atomic E-state index is 0.471. The van der Waals surface area contributed by atoms with Crippen molar-refractivity contribution in [3.05, 3.63) is 45.4 Å². The molecule has 1 aromatic heterocycles. The molecule has 2 rings (SSSR count). The van der Waals surface area contributed by atoms with Gasteiger partial charge in [0.05, 0.1) is 17.8 Å². The minimum Gasteiger partial charge on any atom is -0.497 e. The Morgan fingerprint density at radius 3 is 2.50 bits per heavy atom. The first kappa shape index (κ1) is 15.0. The molecule has 3 nitrogen and oxygen atoms in total. The van der Waals surface area contributed by atoms with Gasteiger partial charge in [0.2, 0.25) is 0 Å². The molecule has 1 aromatic carbocycles. The lowest BCUT2D eigenvalue weighted by atomic mass is 10.1. The van der Waals surface area contributed by atoms with Crippen LogP contribution in [0.1, 0.15) is 40.9 Å². The van der Waals surface area contributed by atoms with Crippen molar-refractivity contribution in [2.45, 2.75) is 32.7 Å². The van der Waals surface area contributed by atoms with E-state index in [1.807, 2.05) is 30.5 Å². The summed E-state index contributed by atoms with van der Waals surface area (Å²) in [5, 5.41) is 4.41. The Hall–Kier alpha value is -1.39. The topological polar surface area (TPSA) is 34.1 Å². The predicted octanol–water partition coefficient (Wildman–Crippen LogP) is 3.59. The number of ether oxygens (including phenoxy) is 1. The van der Waals surface area contributed by atoms with Crippen LogP contribution in [0.15, 0.2) is 24.3 Å². The average molecular weight is 290 g/mol. The zero-order valence-electron chi connectivity index (χ0n) is 12.6. The van der Waals surface area contributed by atoms with E-state index >= 15 is 0 Å². The Bertz CT molecular complexity index is 546. The molecule has 0 saturated carbocycles. The first-order valence-electron chi connectivity index (χ1n) is 6.90. The molecule has 0 aliphatic rings. The van der Waals surface area contributed by atoms with E-state index in [1.54, 1.807) is 7.11 Å². The maximum absolute atomic E-state index is 5.18. The highest BCUT2D eigenvalue weighted by molar-refractivity contribution is 7.11. The Morgan fingerprint density at radius 1 is 1.25 bits per heavy atom. The van der Waals surface area contributed by atoms with Gasteiger partial charge in [0, 0.05) is 17.8 Å². The number of hydrogen-bond donors (Lipinski definition) is 1. The Morgan fingerprint density at radius 2 is 1.95 bits per heavy atom. The highest BCUT2D eigenvalue weighted by Gasteiger charge is 2.13. The van der Waals surface area contributed by atoms with Crippen molar-refractivity contribution in [3.63, 3.8) is 0 Å². The molecule has 1 heterocycles. The van der Waals surface area contributed by atoms with E-state index in [0.717, 1.165) is 18.7 Å². The molecule has 0 bridgehead atoms. The van der Waals surface area contributed by atoms with E-state index in [4.69, 9.17) is 9.72 Å². The third-order valence-electron chi connectivity index (χ3n) is 3.17. The van der Waals surface area contributed by atoms with E-state index in [1.165, 1.54) is 21.1 Å². The summed E-state index contributed by atoms with van der Waals surface area (Å²) in [7, 11) is 3.67. The molecule has 1 N–H and O–H groups in total. The number of thiazole rings is 1. The second-order valence-electron chi connectivity index (χ2n) is 5.13. The van der Waals surface area contributed by atoms with Crippen LogP contribution >= 0.6 is 11.3 Å². The lowest BCUT2D eigenvalue weighted by Gasteiger charge is -2.03. The van der Waals surface area contributed by atoms with Gasteiger partial charge in [-0.1, -0.05) is 26.0 Å². The molecule has 0 radical (unpaired) electrons. The summed E-state index contributed by atoms with van der Waals surface area (Å²) in [5.41, 5.74) is 2.50. The third-order valence-corrected chi connectivity index (χ3v) is 4.24. The number of benzene rings is 1. The van der Waals surface area contributed by atoms with Crippen LogP contribution in [0.3, 0.4) is 0 Å². The molecule has 0 aliphatic heterocycles. The van der Waals surface area contributed by atoms with Gasteiger partial charge in [-0.2, -0.15) is 0 Å². The summed E-state index contributed by atoms with van der Waals surface area (Å²) < 4.78 is 5.18. The van der Waals surface area contributed by atoms with Crippen molar-refractivity contribution >= 4 is 11.3 Å². The van der Waals surface area contributed by atoms with Gasteiger partial charge in [-0.3, -0.25) is 0 Å². The second-order valence-corrected chi connectivity index (χ2v) is 6.29. The van der Waals surface area contributed by atoms with Crippen LogP contribution in [0.4, 0.5) is 0 Å². The van der Waals surface area contributed by atoms with Gasteiger partial charge < -0.3 is 10.1 Å². The Balaban J connectivity index is 2.17. The lowest BCUT2D eigenvalue weighted by molar-refractivity contribution is 0.414. The van der Waals surface area contributed by atoms with Crippen LogP contribution in [0.2, 0.25) is 0 Å². The van der Waals surface area contributed by atoms with E-state index in [0.29, 0.717) is 5.92 Å². The van der Waals surface area contributed by atoms with Gasteiger partial charge >= 0.3 is 0 Å². The van der Waals surface area contributed by atoms with Crippen LogP contribution in [0.25, 0.3) is 0 Å². The summed E-state index contributed by atoms with van der Waals surface area (Å²) in [6.45, 7) is 5.30. The minimum atomic E-state index is 0.471. The Kier molecular flexibility index (Phi) is 5.15. The highest BCUT2D eigenvalue weighted by atomic mass is 32.1. The van der Waals surface area contributed by atoms with Crippen LogP contribution < -0.4 is 10.1 Å². The molecule has 0 saturated heterocycles. The zero-order chi connectivity index (χ0) is 14.5. The summed E-state index contributed by atoms with van der Waals surface area (Å²) in [5.74, 6) is 1.37. The van der Waals surface area contributed by atoms with Crippen molar-refractivity contribution in [1.82, 2.24) is 10.3 Å². The molecule has 4 heteroatoms. The van der Waals surface area contributed by atoms with Gasteiger partial charge in [-0.25, -0.2) is 4.98 Å².